The Morgan fingerprint density at radius 3 is 2.29 bits per heavy atom. The van der Waals surface area contributed by atoms with Gasteiger partial charge in [-0.25, -0.2) is 9.78 Å². The Kier molecular flexibility index (Phi) is 9.95. The van der Waals surface area contributed by atoms with Gasteiger partial charge >= 0.3 is 6.03 Å². The van der Waals surface area contributed by atoms with Gasteiger partial charge in [0.05, 0.1) is 25.9 Å². The van der Waals surface area contributed by atoms with E-state index in [0.717, 1.165) is 45.3 Å². The van der Waals surface area contributed by atoms with E-state index in [1.807, 2.05) is 60.3 Å². The molecule has 3 aromatic carbocycles. The molecule has 0 atom stereocenters. The fraction of sp³-hybridized carbons (Fsp3) is 0.333. The van der Waals surface area contributed by atoms with Crippen LogP contribution in [0.5, 0.6) is 5.75 Å². The highest BCUT2D eigenvalue weighted by Crippen LogP contribution is 2.36. The van der Waals surface area contributed by atoms with Gasteiger partial charge in [0.1, 0.15) is 11.6 Å². The first-order valence-corrected chi connectivity index (χ1v) is 14.5. The van der Waals surface area contributed by atoms with Gasteiger partial charge in [-0.2, -0.15) is 0 Å². The van der Waals surface area contributed by atoms with Crippen LogP contribution in [0.4, 0.5) is 21.9 Å². The molecule has 41 heavy (non-hydrogen) atoms. The molecule has 8 heteroatoms. The van der Waals surface area contributed by atoms with E-state index in [4.69, 9.17) is 16.3 Å². The number of nitrogens with one attached hydrogen (secondary N) is 2. The topological polar surface area (TPSA) is 71.4 Å². The minimum atomic E-state index is -0.222. The lowest BCUT2D eigenvalue weighted by Crippen LogP contribution is -2.35. The first kappa shape index (κ1) is 30.0. The number of nitrogens with zero attached hydrogens (tertiary/aromatic N) is 3. The molecule has 2 amide bonds. The van der Waals surface area contributed by atoms with E-state index in [1.165, 1.54) is 5.56 Å². The molecule has 4 aromatic rings. The third-order valence-corrected chi connectivity index (χ3v) is 7.74. The first-order chi connectivity index (χ1) is 19.7. The van der Waals surface area contributed by atoms with Crippen molar-refractivity contribution < 1.29 is 9.53 Å². The maximum absolute atomic E-state index is 14.1. The predicted octanol–water partition coefficient (Wildman–Crippen LogP) is 8.18. The van der Waals surface area contributed by atoms with Crippen molar-refractivity contribution in [2.24, 2.45) is 7.05 Å². The van der Waals surface area contributed by atoms with E-state index in [-0.39, 0.29) is 6.03 Å². The van der Waals surface area contributed by atoms with Crippen LogP contribution in [-0.2, 0) is 33.0 Å². The summed E-state index contributed by atoms with van der Waals surface area (Å²) in [7, 11) is 3.61. The summed E-state index contributed by atoms with van der Waals surface area (Å²) in [4.78, 5) is 20.3. The number of anilines is 3. The highest BCUT2D eigenvalue weighted by molar-refractivity contribution is 6.32. The molecule has 0 aliphatic heterocycles. The molecule has 0 aliphatic rings. The summed E-state index contributed by atoms with van der Waals surface area (Å²) in [6, 6.07) is 17.7. The van der Waals surface area contributed by atoms with Crippen LogP contribution in [-0.4, -0.2) is 22.7 Å². The van der Waals surface area contributed by atoms with Gasteiger partial charge in [-0.1, -0.05) is 63.6 Å². The van der Waals surface area contributed by atoms with Crippen LogP contribution in [0, 0.1) is 0 Å². The van der Waals surface area contributed by atoms with Crippen LogP contribution < -0.4 is 20.3 Å². The average molecular weight is 574 g/mol. The molecular weight excluding hydrogens is 534 g/mol. The Labute approximate surface area is 248 Å². The molecule has 0 radical (unpaired) electrons. The van der Waals surface area contributed by atoms with Gasteiger partial charge in [0.2, 0.25) is 0 Å². The second-order valence-electron chi connectivity index (χ2n) is 10.4. The number of ether oxygens (including phenoxy) is 1. The first-order valence-electron chi connectivity index (χ1n) is 14.1. The lowest BCUT2D eigenvalue weighted by molar-refractivity contribution is 0.256. The fourth-order valence-electron chi connectivity index (χ4n) is 4.91. The number of aromatic nitrogens is 2. The monoisotopic (exact) mass is 573 g/mol. The normalized spacial score (nSPS) is 11.0. The van der Waals surface area contributed by atoms with Gasteiger partial charge in [-0.15, -0.1) is 0 Å². The molecule has 0 saturated heterocycles. The van der Waals surface area contributed by atoms with Gasteiger partial charge < -0.3 is 19.9 Å². The van der Waals surface area contributed by atoms with Gasteiger partial charge in [0.25, 0.3) is 0 Å². The quantitative estimate of drug-likeness (QED) is 0.190. The summed E-state index contributed by atoms with van der Waals surface area (Å²) in [6.45, 7) is 9.39. The van der Waals surface area contributed by atoms with E-state index < -0.39 is 0 Å². The van der Waals surface area contributed by atoms with Crippen LogP contribution in [0.1, 0.15) is 61.7 Å². The molecule has 2 N–H and O–H groups in total. The second-order valence-corrected chi connectivity index (χ2v) is 10.8. The summed E-state index contributed by atoms with van der Waals surface area (Å²) in [5, 5.41) is 7.38. The van der Waals surface area contributed by atoms with Crippen LogP contribution >= 0.6 is 11.6 Å². The summed E-state index contributed by atoms with van der Waals surface area (Å²) in [5.41, 5.74) is 6.59. The fourth-order valence-corrected chi connectivity index (χ4v) is 5.24. The van der Waals surface area contributed by atoms with Crippen LogP contribution in [0.25, 0.3) is 0 Å². The largest absolute Gasteiger partial charge is 0.497 e. The second kappa shape index (κ2) is 13.6. The van der Waals surface area contributed by atoms with E-state index in [2.05, 4.69) is 55.4 Å². The van der Waals surface area contributed by atoms with Gasteiger partial charge in [-0.05, 0) is 71.3 Å². The lowest BCUT2D eigenvalue weighted by Gasteiger charge is -2.27. The smallest absolute Gasteiger partial charge is 0.326 e. The highest BCUT2D eigenvalue weighted by atomic mass is 35.5. The molecule has 4 rings (SSSR count). The molecule has 1 heterocycles. The van der Waals surface area contributed by atoms with E-state index in [9.17, 15) is 4.79 Å². The van der Waals surface area contributed by atoms with Crippen LogP contribution in [0.2, 0.25) is 5.02 Å². The number of methoxy groups -OCH3 is 1. The van der Waals surface area contributed by atoms with Crippen molar-refractivity contribution in [3.8, 4) is 5.75 Å². The lowest BCUT2D eigenvalue weighted by atomic mass is 10.00. The Morgan fingerprint density at radius 1 is 1.05 bits per heavy atom. The van der Waals surface area contributed by atoms with Crippen molar-refractivity contribution in [1.82, 2.24) is 9.55 Å². The van der Waals surface area contributed by atoms with Crippen molar-refractivity contribution in [3.63, 3.8) is 0 Å². The van der Waals surface area contributed by atoms with Crippen LogP contribution in [0.15, 0.2) is 67.0 Å². The maximum atomic E-state index is 14.1. The number of hydrogen-bond acceptors (Lipinski definition) is 4. The number of imidazole rings is 1. The minimum absolute atomic E-state index is 0.222. The maximum Gasteiger partial charge on any atom is 0.326 e. The Bertz CT molecular complexity index is 1460. The molecule has 0 bridgehead atoms. The molecule has 216 valence electrons. The number of hydrogen-bond donors (Lipinski definition) is 2. The minimum Gasteiger partial charge on any atom is -0.497 e. The van der Waals surface area contributed by atoms with Crippen molar-refractivity contribution in [2.75, 3.05) is 22.6 Å². The van der Waals surface area contributed by atoms with E-state index in [0.29, 0.717) is 36.9 Å². The van der Waals surface area contributed by atoms with Crippen LogP contribution in [0.3, 0.4) is 0 Å². The average Bonchev–Trinajstić information content (AvgIpc) is 3.39. The number of halogens is 1. The zero-order chi connectivity index (χ0) is 29.5. The third-order valence-electron chi connectivity index (χ3n) is 7.40. The SMILES string of the molecule is CCc1c(Cl)cc(NCc2nccn2C)c(CC)c1NC(=O)N(Cc1ccc(OC)cc1)c1ccc(C(C)C)cc1. The molecule has 0 fully saturated rings. The van der Waals surface area contributed by atoms with Crippen molar-refractivity contribution in [1.29, 1.82) is 0 Å². The number of carbonyl (C=O) groups excluding carboxylic acids is 1. The van der Waals surface area contributed by atoms with E-state index >= 15 is 0 Å². The third kappa shape index (κ3) is 7.03. The van der Waals surface area contributed by atoms with Gasteiger partial charge in [-0.3, -0.25) is 4.90 Å². The summed E-state index contributed by atoms with van der Waals surface area (Å²) >= 11 is 6.80. The Morgan fingerprint density at radius 2 is 1.73 bits per heavy atom. The molecule has 0 aliphatic carbocycles. The molecule has 1 aromatic heterocycles. The number of rotatable bonds is 11. The summed E-state index contributed by atoms with van der Waals surface area (Å²) < 4.78 is 7.30. The Balaban J connectivity index is 1.70. The molecule has 0 spiro atoms. The number of amides is 2. The van der Waals surface area contributed by atoms with Crippen molar-refractivity contribution in [3.05, 3.63) is 100 Å². The summed E-state index contributed by atoms with van der Waals surface area (Å²) in [5.74, 6) is 2.08. The number of urea groups is 1. The highest BCUT2D eigenvalue weighted by Gasteiger charge is 2.22. The van der Waals surface area contributed by atoms with Crippen molar-refractivity contribution in [2.45, 2.75) is 59.5 Å². The molecule has 7 nitrogen and oxygen atoms in total. The number of aryl methyl sites for hydroxylation is 1. The molecule has 0 saturated carbocycles. The van der Waals surface area contributed by atoms with E-state index in [1.54, 1.807) is 18.2 Å². The van der Waals surface area contributed by atoms with Gasteiger partial charge in [0.15, 0.2) is 0 Å². The zero-order valence-electron chi connectivity index (χ0n) is 24.8. The number of benzene rings is 3. The van der Waals surface area contributed by atoms with Crippen molar-refractivity contribution >= 4 is 34.7 Å². The molecular formula is C33H40ClN5O2. The zero-order valence-corrected chi connectivity index (χ0v) is 25.5. The Hall–Kier alpha value is -3.97. The number of carbonyl (C=O) groups is 1. The molecule has 0 unspecified atom stereocenters. The standard InChI is InChI=1S/C33H40ClN5O2/c1-7-27-29(34)19-30(36-20-31-35-17-18-38(31)5)28(8-2)32(27)37-33(40)39(21-23-9-15-26(41-6)16-10-23)25-13-11-24(12-14-25)22(3)4/h9-19,22,36H,7-8,20-21H2,1-6H3,(H,37,40). The predicted molar refractivity (Wildman–Crippen MR) is 169 cm³/mol. The van der Waals surface area contributed by atoms with Gasteiger partial charge in [0, 0.05) is 35.8 Å². The summed E-state index contributed by atoms with van der Waals surface area (Å²) in [6.07, 6.45) is 5.09.